The predicted molar refractivity (Wildman–Crippen MR) is 129 cm³/mol. The fourth-order valence-electron chi connectivity index (χ4n) is 4.99. The highest BCUT2D eigenvalue weighted by Gasteiger charge is 2.28. The average molecular weight is 468 g/mol. The molecule has 0 unspecified atom stereocenters. The van der Waals surface area contributed by atoms with Crippen molar-refractivity contribution in [3.05, 3.63) is 51.7 Å². The van der Waals surface area contributed by atoms with E-state index in [1.54, 1.807) is 29.2 Å². The number of carbonyl (C=O) groups excluding carboxylic acids is 2. The summed E-state index contributed by atoms with van der Waals surface area (Å²) >= 11 is 6.01. The van der Waals surface area contributed by atoms with Crippen molar-refractivity contribution in [2.45, 2.75) is 45.6 Å². The van der Waals surface area contributed by atoms with Crippen LogP contribution in [0.5, 0.6) is 0 Å². The normalized spacial score (nSPS) is 17.2. The van der Waals surface area contributed by atoms with Gasteiger partial charge in [0.15, 0.2) is 0 Å². The molecule has 2 aromatic rings. The number of nitrogens with one attached hydrogen (secondary N) is 1. The minimum atomic E-state index is -0.127. The Balaban J connectivity index is 1.38. The number of rotatable bonds is 5. The van der Waals surface area contributed by atoms with E-state index in [0.29, 0.717) is 54.2 Å². The third-order valence-corrected chi connectivity index (χ3v) is 7.15. The monoisotopic (exact) mass is 467 g/mol. The molecule has 0 atom stereocenters. The molecule has 7 nitrogen and oxygen atoms in total. The molecule has 2 aliphatic rings. The molecule has 2 heterocycles. The molecule has 1 N–H and O–H groups in total. The molecule has 1 aliphatic carbocycles. The minimum absolute atomic E-state index is 0.0411. The van der Waals surface area contributed by atoms with Gasteiger partial charge in [0.2, 0.25) is 5.91 Å². The first-order chi connectivity index (χ1) is 15.9. The van der Waals surface area contributed by atoms with Gasteiger partial charge >= 0.3 is 0 Å². The Bertz CT molecular complexity index is 1090. The van der Waals surface area contributed by atoms with E-state index >= 15 is 0 Å². The summed E-state index contributed by atoms with van der Waals surface area (Å²) in [5.41, 5.74) is 3.13. The molecule has 2 amide bonds. The van der Waals surface area contributed by atoms with Gasteiger partial charge < -0.3 is 14.8 Å². The van der Waals surface area contributed by atoms with Crippen LogP contribution in [0, 0.1) is 25.2 Å². The second kappa shape index (κ2) is 9.98. The molecular weight excluding hydrogens is 438 g/mol. The Labute approximate surface area is 199 Å². The van der Waals surface area contributed by atoms with E-state index < -0.39 is 0 Å². The number of anilines is 1. The molecule has 8 heteroatoms. The molecule has 1 aliphatic heterocycles. The second-order valence-electron chi connectivity index (χ2n) is 8.98. The molecule has 174 valence electrons. The first-order valence-electron chi connectivity index (χ1n) is 11.6. The summed E-state index contributed by atoms with van der Waals surface area (Å²) in [6, 6.07) is 9.60. The lowest BCUT2D eigenvalue weighted by Crippen LogP contribution is -2.50. The van der Waals surface area contributed by atoms with Crippen LogP contribution in [0.25, 0.3) is 0 Å². The summed E-state index contributed by atoms with van der Waals surface area (Å²) in [7, 11) is 0. The molecule has 4 rings (SSSR count). The van der Waals surface area contributed by atoms with Crippen molar-refractivity contribution in [3.8, 4) is 6.07 Å². The van der Waals surface area contributed by atoms with E-state index in [0.717, 1.165) is 24.1 Å². The lowest BCUT2D eigenvalue weighted by atomic mass is 10.2. The van der Waals surface area contributed by atoms with E-state index in [4.69, 9.17) is 11.6 Å². The predicted octanol–water partition coefficient (Wildman–Crippen LogP) is 4.14. The number of aromatic nitrogens is 1. The third kappa shape index (κ3) is 4.92. The van der Waals surface area contributed by atoms with Crippen LogP contribution in [0.3, 0.4) is 0 Å². The Hall–Kier alpha value is -2.82. The first kappa shape index (κ1) is 23.3. The fourth-order valence-corrected chi connectivity index (χ4v) is 5.18. The second-order valence-corrected chi connectivity index (χ2v) is 9.42. The Morgan fingerprint density at radius 1 is 1.15 bits per heavy atom. The van der Waals surface area contributed by atoms with Gasteiger partial charge in [0.1, 0.15) is 11.9 Å². The summed E-state index contributed by atoms with van der Waals surface area (Å²) in [4.78, 5) is 29.5. The van der Waals surface area contributed by atoms with Crippen molar-refractivity contribution < 1.29 is 9.59 Å². The van der Waals surface area contributed by atoms with Crippen molar-refractivity contribution >= 4 is 29.2 Å². The number of halogens is 1. The molecule has 0 spiro atoms. The smallest absolute Gasteiger partial charge is 0.253 e. The van der Waals surface area contributed by atoms with Crippen molar-refractivity contribution in [1.82, 2.24) is 14.4 Å². The van der Waals surface area contributed by atoms with Crippen molar-refractivity contribution in [3.63, 3.8) is 0 Å². The Morgan fingerprint density at radius 2 is 1.85 bits per heavy atom. The largest absolute Gasteiger partial charge is 0.336 e. The maximum atomic E-state index is 12.9. The number of hydrogen-bond donors (Lipinski definition) is 1. The number of piperazine rings is 1. The maximum Gasteiger partial charge on any atom is 0.253 e. The van der Waals surface area contributed by atoms with E-state index in [1.165, 1.54) is 12.8 Å². The summed E-state index contributed by atoms with van der Waals surface area (Å²) in [5.74, 6) is 0.470. The number of nitrogens with zero attached hydrogens (tertiary/aromatic N) is 4. The number of nitriles is 1. The molecule has 0 bridgehead atoms. The van der Waals surface area contributed by atoms with Crippen molar-refractivity contribution in [2.24, 2.45) is 0 Å². The van der Waals surface area contributed by atoms with Crippen LogP contribution in [0.15, 0.2) is 24.3 Å². The van der Waals surface area contributed by atoms with E-state index in [2.05, 4.69) is 16.0 Å². The number of amides is 2. The highest BCUT2D eigenvalue weighted by atomic mass is 35.5. The molecule has 1 aromatic heterocycles. The molecular formula is C25H30ClN5O2. The molecule has 1 saturated carbocycles. The van der Waals surface area contributed by atoms with Gasteiger partial charge in [-0.15, -0.1) is 0 Å². The maximum absolute atomic E-state index is 12.9. The van der Waals surface area contributed by atoms with Gasteiger partial charge in [-0.3, -0.25) is 14.5 Å². The quantitative estimate of drug-likeness (QED) is 0.716. The number of benzene rings is 1. The standard InChI is InChI=1S/C25H30ClN5O2/c1-17-18(2)31(21-8-3-4-9-21)24(22(17)15-27)28-23(32)16-29-10-12-30(13-11-29)25(33)19-6-5-7-20(26)14-19/h5-7,14,21H,3-4,8-13,16H2,1-2H3,(H,28,32). The fraction of sp³-hybridized carbons (Fsp3) is 0.480. The van der Waals surface area contributed by atoms with E-state index in [-0.39, 0.29) is 18.4 Å². The van der Waals surface area contributed by atoms with Gasteiger partial charge in [0.25, 0.3) is 5.91 Å². The summed E-state index contributed by atoms with van der Waals surface area (Å²) in [5, 5.41) is 13.3. The zero-order valence-electron chi connectivity index (χ0n) is 19.2. The topological polar surface area (TPSA) is 81.4 Å². The first-order valence-corrected chi connectivity index (χ1v) is 12.0. The van der Waals surface area contributed by atoms with Crippen LogP contribution in [0.4, 0.5) is 5.82 Å². The van der Waals surface area contributed by atoms with Gasteiger partial charge in [0.05, 0.1) is 12.1 Å². The van der Waals surface area contributed by atoms with Gasteiger partial charge in [-0.05, 0) is 50.5 Å². The van der Waals surface area contributed by atoms with Crippen LogP contribution in [0.2, 0.25) is 5.02 Å². The lowest BCUT2D eigenvalue weighted by Gasteiger charge is -2.34. The van der Waals surface area contributed by atoms with Crippen LogP contribution in [-0.2, 0) is 4.79 Å². The van der Waals surface area contributed by atoms with Gasteiger partial charge in [-0.1, -0.05) is 30.5 Å². The Morgan fingerprint density at radius 3 is 2.48 bits per heavy atom. The van der Waals surface area contributed by atoms with Crippen LogP contribution in [-0.4, -0.2) is 58.9 Å². The SMILES string of the molecule is Cc1c(C#N)c(NC(=O)CN2CCN(C(=O)c3cccc(Cl)c3)CC2)n(C2CCCC2)c1C. The summed E-state index contributed by atoms with van der Waals surface area (Å²) in [6.07, 6.45) is 4.50. The lowest BCUT2D eigenvalue weighted by molar-refractivity contribution is -0.117. The molecule has 0 radical (unpaired) electrons. The molecule has 1 aromatic carbocycles. The molecule has 1 saturated heterocycles. The van der Waals surface area contributed by atoms with E-state index in [9.17, 15) is 14.9 Å². The molecule has 33 heavy (non-hydrogen) atoms. The molecule has 2 fully saturated rings. The highest BCUT2D eigenvalue weighted by molar-refractivity contribution is 6.30. The van der Waals surface area contributed by atoms with Crippen molar-refractivity contribution in [2.75, 3.05) is 38.0 Å². The van der Waals surface area contributed by atoms with Crippen LogP contribution >= 0.6 is 11.6 Å². The summed E-state index contributed by atoms with van der Waals surface area (Å²) < 4.78 is 2.17. The average Bonchev–Trinajstić information content (AvgIpc) is 3.40. The van der Waals surface area contributed by atoms with Crippen LogP contribution in [0.1, 0.15) is 58.9 Å². The van der Waals surface area contributed by atoms with E-state index in [1.807, 2.05) is 18.7 Å². The van der Waals surface area contributed by atoms with Crippen LogP contribution < -0.4 is 5.32 Å². The number of hydrogen-bond acceptors (Lipinski definition) is 4. The van der Waals surface area contributed by atoms with Gasteiger partial charge in [-0.25, -0.2) is 0 Å². The van der Waals surface area contributed by atoms with Gasteiger partial charge in [0, 0.05) is 48.5 Å². The van der Waals surface area contributed by atoms with Gasteiger partial charge in [-0.2, -0.15) is 5.26 Å². The zero-order chi connectivity index (χ0) is 23.5. The third-order valence-electron chi connectivity index (χ3n) is 6.91. The Kier molecular flexibility index (Phi) is 7.06. The highest BCUT2D eigenvalue weighted by Crippen LogP contribution is 2.37. The van der Waals surface area contributed by atoms with Crippen molar-refractivity contribution in [1.29, 1.82) is 5.26 Å². The minimum Gasteiger partial charge on any atom is -0.336 e. The number of carbonyl (C=O) groups is 2. The summed E-state index contributed by atoms with van der Waals surface area (Å²) in [6.45, 7) is 6.56. The zero-order valence-corrected chi connectivity index (χ0v) is 20.0.